The fraction of sp³-hybridized carbons (Fsp3) is 0.333. The van der Waals surface area contributed by atoms with Gasteiger partial charge in [0.25, 0.3) is 0 Å². The summed E-state index contributed by atoms with van der Waals surface area (Å²) in [6.45, 7) is 3.18. The first-order valence-corrected chi connectivity index (χ1v) is 7.05. The summed E-state index contributed by atoms with van der Waals surface area (Å²) in [5.41, 5.74) is 0.482. The summed E-state index contributed by atoms with van der Waals surface area (Å²) in [6, 6.07) is 3.88. The van der Waals surface area contributed by atoms with Crippen molar-refractivity contribution < 1.29 is 24.2 Å². The molecule has 7 heteroatoms. The zero-order valence-electron chi connectivity index (χ0n) is 12.4. The van der Waals surface area contributed by atoms with Gasteiger partial charge in [-0.05, 0) is 32.0 Å². The minimum absolute atomic E-state index is 0.0236. The monoisotopic (exact) mass is 325 g/mol. The molecular formula is C15H16ClNO5. The van der Waals surface area contributed by atoms with E-state index in [4.69, 9.17) is 21.1 Å². The highest BCUT2D eigenvalue weighted by Gasteiger charge is 2.39. The van der Waals surface area contributed by atoms with Crippen molar-refractivity contribution in [3.05, 3.63) is 40.1 Å². The lowest BCUT2D eigenvalue weighted by Gasteiger charge is -2.34. The molecular weight excluding hydrogens is 310 g/mol. The van der Waals surface area contributed by atoms with Crippen LogP contribution in [0.25, 0.3) is 0 Å². The van der Waals surface area contributed by atoms with Crippen LogP contribution in [-0.2, 0) is 9.53 Å². The Labute approximate surface area is 132 Å². The minimum Gasteiger partial charge on any atom is -0.512 e. The highest BCUT2D eigenvalue weighted by Crippen LogP contribution is 2.40. The molecule has 2 rings (SSSR count). The lowest BCUT2D eigenvalue weighted by Crippen LogP contribution is -2.40. The van der Waals surface area contributed by atoms with E-state index in [1.165, 1.54) is 18.9 Å². The van der Waals surface area contributed by atoms with Gasteiger partial charge in [0.2, 0.25) is 0 Å². The number of hydrogen-bond acceptors (Lipinski definition) is 5. The molecule has 0 aromatic heterocycles. The molecule has 1 aliphatic rings. The maximum absolute atomic E-state index is 12.2. The highest BCUT2D eigenvalue weighted by molar-refractivity contribution is 6.30. The molecule has 0 aliphatic carbocycles. The standard InChI is InChI=1S/C15H16ClNO5/c1-4-21-14(19)12(8(2)18)13-10-7-9(16)5-6-11(10)22-15(20)17(13)3/h5-7,13,18H,4H2,1-3H3/b12-8-. The first-order chi connectivity index (χ1) is 10.4. The second kappa shape index (κ2) is 6.27. The van der Waals surface area contributed by atoms with Crippen LogP contribution in [0.4, 0.5) is 4.79 Å². The van der Waals surface area contributed by atoms with Crippen molar-refractivity contribution in [1.82, 2.24) is 4.90 Å². The van der Waals surface area contributed by atoms with Crippen LogP contribution in [0.15, 0.2) is 29.5 Å². The SMILES string of the molecule is CCOC(=O)/C(=C(/C)O)C1c2cc(Cl)ccc2OC(=O)N1C. The minimum atomic E-state index is -0.834. The summed E-state index contributed by atoms with van der Waals surface area (Å²) in [4.78, 5) is 25.4. The maximum Gasteiger partial charge on any atom is 0.415 e. The number of allylic oxidation sites excluding steroid dienone is 1. The lowest BCUT2D eigenvalue weighted by molar-refractivity contribution is -0.139. The van der Waals surface area contributed by atoms with E-state index in [9.17, 15) is 14.7 Å². The van der Waals surface area contributed by atoms with Crippen molar-refractivity contribution in [2.45, 2.75) is 19.9 Å². The van der Waals surface area contributed by atoms with Gasteiger partial charge in [0.15, 0.2) is 0 Å². The van der Waals surface area contributed by atoms with Crippen LogP contribution < -0.4 is 4.74 Å². The molecule has 1 aromatic carbocycles. The van der Waals surface area contributed by atoms with E-state index in [1.807, 2.05) is 0 Å². The molecule has 0 fully saturated rings. The Balaban J connectivity index is 2.61. The molecule has 118 valence electrons. The number of benzene rings is 1. The molecule has 1 aromatic rings. The van der Waals surface area contributed by atoms with Crippen molar-refractivity contribution in [3.63, 3.8) is 0 Å². The Morgan fingerprint density at radius 3 is 2.77 bits per heavy atom. The number of rotatable bonds is 3. The number of fused-ring (bicyclic) bond motifs is 1. The third-order valence-electron chi connectivity index (χ3n) is 3.30. The number of nitrogens with zero attached hydrogens (tertiary/aromatic N) is 1. The smallest absolute Gasteiger partial charge is 0.415 e. The number of hydrogen-bond donors (Lipinski definition) is 1. The number of halogens is 1. The number of aliphatic hydroxyl groups is 1. The van der Waals surface area contributed by atoms with Crippen LogP contribution in [-0.4, -0.2) is 35.7 Å². The topological polar surface area (TPSA) is 76.1 Å². The number of esters is 1. The predicted molar refractivity (Wildman–Crippen MR) is 79.9 cm³/mol. The first kappa shape index (κ1) is 16.2. The summed E-state index contributed by atoms with van der Waals surface area (Å²) in [5.74, 6) is -0.628. The van der Waals surface area contributed by atoms with E-state index >= 15 is 0 Å². The molecule has 0 radical (unpaired) electrons. The Morgan fingerprint density at radius 2 is 2.18 bits per heavy atom. The van der Waals surface area contributed by atoms with Crippen LogP contribution >= 0.6 is 11.6 Å². The molecule has 1 aliphatic heterocycles. The fourth-order valence-electron chi connectivity index (χ4n) is 2.32. The summed E-state index contributed by atoms with van der Waals surface area (Å²) in [6.07, 6.45) is -0.636. The van der Waals surface area contributed by atoms with Crippen LogP contribution in [0.3, 0.4) is 0 Å². The number of likely N-dealkylation sites (N-methyl/N-ethyl adjacent to an activating group) is 1. The second-order valence-corrected chi connectivity index (χ2v) is 5.22. The maximum atomic E-state index is 12.2. The van der Waals surface area contributed by atoms with Crippen molar-refractivity contribution in [3.8, 4) is 5.75 Å². The van der Waals surface area contributed by atoms with Crippen molar-refractivity contribution in [2.24, 2.45) is 0 Å². The number of ether oxygens (including phenoxy) is 2. The summed E-state index contributed by atoms with van der Waals surface area (Å²) >= 11 is 6.00. The average molecular weight is 326 g/mol. The third-order valence-corrected chi connectivity index (χ3v) is 3.53. The van der Waals surface area contributed by atoms with E-state index in [1.54, 1.807) is 25.1 Å². The Morgan fingerprint density at radius 1 is 1.50 bits per heavy atom. The summed E-state index contributed by atoms with van der Waals surface area (Å²) in [5, 5.41) is 10.4. The highest BCUT2D eigenvalue weighted by atomic mass is 35.5. The van der Waals surface area contributed by atoms with E-state index in [0.717, 1.165) is 0 Å². The molecule has 0 spiro atoms. The van der Waals surface area contributed by atoms with E-state index in [2.05, 4.69) is 0 Å². The predicted octanol–water partition coefficient (Wildman–Crippen LogP) is 3.22. The van der Waals surface area contributed by atoms with Crippen LogP contribution in [0.1, 0.15) is 25.5 Å². The largest absolute Gasteiger partial charge is 0.512 e. The van der Waals surface area contributed by atoms with Crippen molar-refractivity contribution in [1.29, 1.82) is 0 Å². The Bertz CT molecular complexity index is 651. The van der Waals surface area contributed by atoms with Gasteiger partial charge in [-0.15, -0.1) is 0 Å². The molecule has 1 unspecified atom stereocenters. The zero-order chi connectivity index (χ0) is 16.4. The molecule has 1 heterocycles. The van der Waals surface area contributed by atoms with Crippen LogP contribution in [0.5, 0.6) is 5.75 Å². The summed E-state index contributed by atoms with van der Waals surface area (Å²) < 4.78 is 10.1. The van der Waals surface area contributed by atoms with Crippen LogP contribution in [0.2, 0.25) is 5.02 Å². The normalized spacial score (nSPS) is 18.3. The van der Waals surface area contributed by atoms with Crippen LogP contribution in [0, 0.1) is 0 Å². The van der Waals surface area contributed by atoms with Crippen molar-refractivity contribution >= 4 is 23.7 Å². The van der Waals surface area contributed by atoms with Gasteiger partial charge in [-0.25, -0.2) is 9.59 Å². The molecule has 0 saturated heterocycles. The second-order valence-electron chi connectivity index (χ2n) is 4.78. The van der Waals surface area contributed by atoms with Gasteiger partial charge in [-0.3, -0.25) is 4.90 Å². The molecule has 0 bridgehead atoms. The Hall–Kier alpha value is -2.21. The fourth-order valence-corrected chi connectivity index (χ4v) is 2.50. The number of aliphatic hydroxyl groups excluding tert-OH is 1. The average Bonchev–Trinajstić information content (AvgIpc) is 2.44. The number of amides is 1. The molecule has 6 nitrogen and oxygen atoms in total. The van der Waals surface area contributed by atoms with Gasteiger partial charge in [0.1, 0.15) is 17.1 Å². The quantitative estimate of drug-likeness (QED) is 0.524. The Kier molecular flexibility index (Phi) is 4.61. The summed E-state index contributed by atoms with van der Waals surface area (Å²) in [7, 11) is 1.47. The lowest BCUT2D eigenvalue weighted by atomic mass is 9.94. The van der Waals surface area contributed by atoms with E-state index < -0.39 is 18.1 Å². The van der Waals surface area contributed by atoms with Gasteiger partial charge >= 0.3 is 12.1 Å². The molecule has 0 saturated carbocycles. The van der Waals surface area contributed by atoms with Gasteiger partial charge in [0, 0.05) is 17.6 Å². The molecule has 1 N–H and O–H groups in total. The van der Waals surface area contributed by atoms with E-state index in [-0.39, 0.29) is 17.9 Å². The molecule has 22 heavy (non-hydrogen) atoms. The van der Waals surface area contributed by atoms with Crippen molar-refractivity contribution in [2.75, 3.05) is 13.7 Å². The van der Waals surface area contributed by atoms with E-state index in [0.29, 0.717) is 16.3 Å². The molecule has 1 atom stereocenters. The van der Waals surface area contributed by atoms with Gasteiger partial charge in [-0.2, -0.15) is 0 Å². The van der Waals surface area contributed by atoms with Gasteiger partial charge in [0.05, 0.1) is 12.6 Å². The zero-order valence-corrected chi connectivity index (χ0v) is 13.2. The number of carbonyl (C=O) groups excluding carboxylic acids is 2. The van der Waals surface area contributed by atoms with Gasteiger partial charge in [-0.1, -0.05) is 11.6 Å². The van der Waals surface area contributed by atoms with Gasteiger partial charge < -0.3 is 14.6 Å². The first-order valence-electron chi connectivity index (χ1n) is 6.67. The molecule has 1 amide bonds. The third kappa shape index (κ3) is 2.87. The number of carbonyl (C=O) groups is 2.